The molecule has 23 heavy (non-hydrogen) atoms. The van der Waals surface area contributed by atoms with Crippen molar-refractivity contribution in [1.29, 1.82) is 0 Å². The van der Waals surface area contributed by atoms with Gasteiger partial charge < -0.3 is 15.1 Å². The highest BCUT2D eigenvalue weighted by Crippen LogP contribution is 2.35. The highest BCUT2D eigenvalue weighted by atomic mass is 16.2. The molecule has 0 aliphatic carbocycles. The maximum atomic E-state index is 12.4. The Hall–Kier alpha value is -1.39. The lowest BCUT2D eigenvalue weighted by molar-refractivity contribution is -0.862. The SMILES string of the molecule is C[N+](C)(C)CC(=O)N1CCC(CN)(CCc2ccccc2)CC1. The largest absolute Gasteiger partial charge is 0.338 e. The van der Waals surface area contributed by atoms with E-state index in [1.54, 1.807) is 0 Å². The Kier molecular flexibility index (Phi) is 5.82. The number of hydrogen-bond acceptors (Lipinski definition) is 2. The monoisotopic (exact) mass is 318 g/mol. The molecule has 0 radical (unpaired) electrons. The number of piperidine rings is 1. The summed E-state index contributed by atoms with van der Waals surface area (Å²) in [7, 11) is 6.18. The molecule has 128 valence electrons. The highest BCUT2D eigenvalue weighted by Gasteiger charge is 2.35. The molecule has 2 rings (SSSR count). The van der Waals surface area contributed by atoms with Gasteiger partial charge in [-0.3, -0.25) is 4.79 Å². The Labute approximate surface area is 140 Å². The summed E-state index contributed by atoms with van der Waals surface area (Å²) in [6.45, 7) is 2.99. The summed E-state index contributed by atoms with van der Waals surface area (Å²) >= 11 is 0. The van der Waals surface area contributed by atoms with Crippen LogP contribution in [-0.2, 0) is 11.2 Å². The number of amides is 1. The minimum Gasteiger partial charge on any atom is -0.338 e. The Morgan fingerprint density at radius 2 is 1.78 bits per heavy atom. The van der Waals surface area contributed by atoms with E-state index in [2.05, 4.69) is 51.5 Å². The number of likely N-dealkylation sites (tertiary alicyclic amines) is 1. The molecule has 1 aliphatic heterocycles. The highest BCUT2D eigenvalue weighted by molar-refractivity contribution is 5.77. The molecule has 1 heterocycles. The first-order valence-electron chi connectivity index (χ1n) is 8.66. The maximum absolute atomic E-state index is 12.4. The molecule has 4 heteroatoms. The summed E-state index contributed by atoms with van der Waals surface area (Å²) in [4.78, 5) is 14.4. The minimum atomic E-state index is 0.198. The first-order valence-corrected chi connectivity index (χ1v) is 8.66. The van der Waals surface area contributed by atoms with Gasteiger partial charge in [-0.05, 0) is 43.2 Å². The number of carbonyl (C=O) groups is 1. The summed E-state index contributed by atoms with van der Waals surface area (Å²) in [5, 5.41) is 0. The molecular weight excluding hydrogens is 286 g/mol. The number of carbonyl (C=O) groups excluding carboxylic acids is 1. The van der Waals surface area contributed by atoms with Crippen LogP contribution >= 0.6 is 0 Å². The van der Waals surface area contributed by atoms with Crippen LogP contribution in [0.4, 0.5) is 0 Å². The van der Waals surface area contributed by atoms with Crippen LogP contribution in [0, 0.1) is 5.41 Å². The second kappa shape index (κ2) is 7.45. The van der Waals surface area contributed by atoms with E-state index in [0.29, 0.717) is 11.0 Å². The third-order valence-electron chi connectivity index (χ3n) is 5.01. The van der Waals surface area contributed by atoms with Crippen LogP contribution in [0.5, 0.6) is 0 Å². The quantitative estimate of drug-likeness (QED) is 0.814. The Morgan fingerprint density at radius 3 is 2.30 bits per heavy atom. The fourth-order valence-corrected chi connectivity index (χ4v) is 3.35. The number of hydrogen-bond donors (Lipinski definition) is 1. The van der Waals surface area contributed by atoms with Crippen molar-refractivity contribution in [2.75, 3.05) is 47.3 Å². The van der Waals surface area contributed by atoms with Crippen molar-refractivity contribution < 1.29 is 9.28 Å². The Balaban J connectivity index is 1.88. The van der Waals surface area contributed by atoms with E-state index in [4.69, 9.17) is 5.73 Å². The van der Waals surface area contributed by atoms with Crippen LogP contribution in [0.15, 0.2) is 30.3 Å². The van der Waals surface area contributed by atoms with Crippen molar-refractivity contribution in [1.82, 2.24) is 4.90 Å². The van der Waals surface area contributed by atoms with Crippen LogP contribution in [0.2, 0.25) is 0 Å². The zero-order chi connectivity index (χ0) is 16.9. The Bertz CT molecular complexity index is 499. The molecule has 1 aliphatic rings. The van der Waals surface area contributed by atoms with Crippen molar-refractivity contribution in [3.05, 3.63) is 35.9 Å². The van der Waals surface area contributed by atoms with Gasteiger partial charge in [-0.2, -0.15) is 0 Å². The molecule has 0 spiro atoms. The number of aryl methyl sites for hydroxylation is 1. The number of rotatable bonds is 6. The standard InChI is InChI=1S/C19H32N3O/c1-22(2,3)15-18(23)21-13-11-19(16-20,12-14-21)10-9-17-7-5-4-6-8-17/h4-8H,9-16,20H2,1-3H3/q+1. The maximum Gasteiger partial charge on any atom is 0.277 e. The molecule has 0 atom stereocenters. The van der Waals surface area contributed by atoms with E-state index in [0.717, 1.165) is 45.3 Å². The zero-order valence-corrected chi connectivity index (χ0v) is 14.9. The third kappa shape index (κ3) is 5.33. The molecule has 0 unspecified atom stereocenters. The predicted octanol–water partition coefficient (Wildman–Crippen LogP) is 1.89. The second-order valence-electron chi connectivity index (χ2n) is 8.02. The zero-order valence-electron chi connectivity index (χ0n) is 14.9. The van der Waals surface area contributed by atoms with E-state index < -0.39 is 0 Å². The first-order chi connectivity index (χ1) is 10.8. The van der Waals surface area contributed by atoms with Gasteiger partial charge in [0.25, 0.3) is 5.91 Å². The number of nitrogens with two attached hydrogens (primary N) is 1. The molecule has 2 N–H and O–H groups in total. The summed E-state index contributed by atoms with van der Waals surface area (Å²) in [5.41, 5.74) is 7.70. The summed E-state index contributed by atoms with van der Waals surface area (Å²) < 4.78 is 0.686. The van der Waals surface area contributed by atoms with Crippen molar-refractivity contribution in [3.63, 3.8) is 0 Å². The predicted molar refractivity (Wildman–Crippen MR) is 95.0 cm³/mol. The van der Waals surface area contributed by atoms with E-state index in [1.165, 1.54) is 5.56 Å². The molecule has 1 aromatic carbocycles. The van der Waals surface area contributed by atoms with Crippen LogP contribution in [0.25, 0.3) is 0 Å². The average molecular weight is 318 g/mol. The number of quaternary nitrogens is 1. The fraction of sp³-hybridized carbons (Fsp3) is 0.632. The van der Waals surface area contributed by atoms with Gasteiger partial charge >= 0.3 is 0 Å². The second-order valence-corrected chi connectivity index (χ2v) is 8.02. The summed E-state index contributed by atoms with van der Waals surface area (Å²) in [5.74, 6) is 0.270. The molecule has 4 nitrogen and oxygen atoms in total. The molecular formula is C19H32N3O+. The van der Waals surface area contributed by atoms with Gasteiger partial charge in [-0.15, -0.1) is 0 Å². The van der Waals surface area contributed by atoms with E-state index >= 15 is 0 Å². The number of likely N-dealkylation sites (N-methyl/N-ethyl adjacent to an activating group) is 1. The van der Waals surface area contributed by atoms with E-state index in [9.17, 15) is 4.79 Å². The molecule has 0 aromatic heterocycles. The lowest BCUT2D eigenvalue weighted by atomic mass is 9.74. The lowest BCUT2D eigenvalue weighted by Crippen LogP contribution is -2.51. The van der Waals surface area contributed by atoms with Crippen LogP contribution in [-0.4, -0.2) is 62.6 Å². The molecule has 0 saturated carbocycles. The molecule has 0 bridgehead atoms. The topological polar surface area (TPSA) is 46.3 Å². The molecule has 1 amide bonds. The fourth-order valence-electron chi connectivity index (χ4n) is 3.35. The van der Waals surface area contributed by atoms with Gasteiger partial charge in [0, 0.05) is 13.1 Å². The summed E-state index contributed by atoms with van der Waals surface area (Å²) in [6.07, 6.45) is 4.24. The van der Waals surface area contributed by atoms with E-state index in [1.807, 2.05) is 4.90 Å². The van der Waals surface area contributed by atoms with Gasteiger partial charge in [0.2, 0.25) is 0 Å². The van der Waals surface area contributed by atoms with Crippen molar-refractivity contribution in [2.24, 2.45) is 11.1 Å². The third-order valence-corrected chi connectivity index (χ3v) is 5.01. The number of benzene rings is 1. The van der Waals surface area contributed by atoms with Gasteiger partial charge in [-0.25, -0.2) is 0 Å². The van der Waals surface area contributed by atoms with Crippen LogP contribution in [0.1, 0.15) is 24.8 Å². The van der Waals surface area contributed by atoms with E-state index in [-0.39, 0.29) is 11.3 Å². The smallest absolute Gasteiger partial charge is 0.277 e. The van der Waals surface area contributed by atoms with Crippen LogP contribution in [0.3, 0.4) is 0 Å². The first kappa shape index (κ1) is 18.0. The molecule has 1 saturated heterocycles. The average Bonchev–Trinajstić information content (AvgIpc) is 2.53. The molecule has 1 fully saturated rings. The van der Waals surface area contributed by atoms with Crippen LogP contribution < -0.4 is 5.73 Å². The van der Waals surface area contributed by atoms with Crippen molar-refractivity contribution >= 4 is 5.91 Å². The molecule has 1 aromatic rings. The van der Waals surface area contributed by atoms with Gasteiger partial charge in [0.15, 0.2) is 6.54 Å². The normalized spacial score (nSPS) is 18.0. The lowest BCUT2D eigenvalue weighted by Gasteiger charge is -2.42. The van der Waals surface area contributed by atoms with Gasteiger partial charge in [0.1, 0.15) is 0 Å². The summed E-state index contributed by atoms with van der Waals surface area (Å²) in [6, 6.07) is 10.6. The number of nitrogens with zero attached hydrogens (tertiary/aromatic N) is 2. The van der Waals surface area contributed by atoms with Gasteiger partial charge in [-0.1, -0.05) is 30.3 Å². The van der Waals surface area contributed by atoms with Crippen molar-refractivity contribution in [3.8, 4) is 0 Å². The van der Waals surface area contributed by atoms with Gasteiger partial charge in [0.05, 0.1) is 21.1 Å². The minimum absolute atomic E-state index is 0.198. The Morgan fingerprint density at radius 1 is 1.17 bits per heavy atom. The van der Waals surface area contributed by atoms with Crippen molar-refractivity contribution in [2.45, 2.75) is 25.7 Å².